The van der Waals surface area contributed by atoms with Crippen molar-refractivity contribution in [2.75, 3.05) is 12.4 Å². The summed E-state index contributed by atoms with van der Waals surface area (Å²) in [4.78, 5) is 0. The van der Waals surface area contributed by atoms with Gasteiger partial charge in [-0.25, -0.2) is 0 Å². The molecular weight excluding hydrogens is 334 g/mol. The first kappa shape index (κ1) is 19.1. The third-order valence-electron chi connectivity index (χ3n) is 5.62. The average Bonchev–Trinajstić information content (AvgIpc) is 2.52. The van der Waals surface area contributed by atoms with Crippen molar-refractivity contribution in [1.82, 2.24) is 0 Å². The summed E-state index contributed by atoms with van der Waals surface area (Å²) in [5.74, 6) is 1.04. The molecule has 0 amide bonds. The van der Waals surface area contributed by atoms with Crippen molar-refractivity contribution in [2.45, 2.75) is 70.0 Å². The van der Waals surface area contributed by atoms with Gasteiger partial charge in [0.1, 0.15) is 7.85 Å². The van der Waals surface area contributed by atoms with Crippen LogP contribution >= 0.6 is 18.6 Å². The van der Waals surface area contributed by atoms with Gasteiger partial charge in [-0.05, 0) is 18.1 Å². The fourth-order valence-electron chi connectivity index (χ4n) is 3.02. The van der Waals surface area contributed by atoms with Gasteiger partial charge < -0.3 is 13.7 Å². The van der Waals surface area contributed by atoms with Crippen LogP contribution in [0.1, 0.15) is 34.1 Å². The van der Waals surface area contributed by atoms with E-state index < -0.39 is 15.5 Å². The maximum Gasteiger partial charge on any atom is 0.246 e. The number of hydrogen-bond donors (Lipinski definition) is 0. The van der Waals surface area contributed by atoms with Gasteiger partial charge in [0.25, 0.3) is 0 Å². The fourth-order valence-corrected chi connectivity index (χ4v) is 7.23. The molecule has 0 N–H and O–H groups in total. The van der Waals surface area contributed by atoms with Crippen LogP contribution in [0.2, 0.25) is 18.1 Å². The molecule has 2 unspecified atom stereocenters. The molecule has 0 bridgehead atoms. The van der Waals surface area contributed by atoms with Crippen LogP contribution in [0.25, 0.3) is 0 Å². The zero-order valence-electron chi connectivity index (χ0n) is 14.9. The van der Waals surface area contributed by atoms with Crippen molar-refractivity contribution in [3.63, 3.8) is 0 Å². The van der Waals surface area contributed by atoms with Crippen molar-refractivity contribution < 1.29 is 18.3 Å². The Morgan fingerprint density at radius 1 is 1.41 bits per heavy atom. The zero-order chi connectivity index (χ0) is 16.8. The Bertz CT molecular complexity index is 445. The summed E-state index contributed by atoms with van der Waals surface area (Å²) in [5, 5.41) is 0.189. The molecule has 2 heterocycles. The first-order valence-corrected chi connectivity index (χ1v) is 14.1. The smallest absolute Gasteiger partial charge is 0.246 e. The van der Waals surface area contributed by atoms with E-state index in [0.29, 0.717) is 12.5 Å². The van der Waals surface area contributed by atoms with Gasteiger partial charge in [-0.1, -0.05) is 39.1 Å². The van der Waals surface area contributed by atoms with Gasteiger partial charge >= 0.3 is 0 Å². The van der Waals surface area contributed by atoms with E-state index in [2.05, 4.69) is 48.6 Å². The summed E-state index contributed by atoms with van der Waals surface area (Å²) in [6.45, 7) is 14.1. The van der Waals surface area contributed by atoms with Gasteiger partial charge in [-0.3, -0.25) is 4.57 Å². The van der Waals surface area contributed by atoms with Crippen molar-refractivity contribution >= 4 is 34.8 Å². The molecule has 1 spiro atoms. The van der Waals surface area contributed by atoms with Crippen molar-refractivity contribution in [2.24, 2.45) is 5.92 Å². The van der Waals surface area contributed by atoms with E-state index in [0.717, 1.165) is 12.2 Å². The molecule has 0 saturated carbocycles. The van der Waals surface area contributed by atoms with Crippen LogP contribution in [0, 0.1) is 5.92 Å². The lowest BCUT2D eigenvalue weighted by molar-refractivity contribution is -0.0247. The minimum atomic E-state index is -1.95. The molecule has 4 nitrogen and oxygen atoms in total. The quantitative estimate of drug-likeness (QED) is 0.556. The Kier molecular flexibility index (Phi) is 5.69. The molecule has 0 radical (unpaired) electrons. The van der Waals surface area contributed by atoms with Crippen LogP contribution in [-0.4, -0.2) is 46.2 Å². The average molecular weight is 364 g/mol. The minimum Gasteiger partial charge on any atom is -0.412 e. The molecule has 5 atom stereocenters. The predicted molar refractivity (Wildman–Crippen MR) is 99.4 cm³/mol. The maximum absolute atomic E-state index is 11.7. The summed E-state index contributed by atoms with van der Waals surface area (Å²) >= 11 is 1.42. The van der Waals surface area contributed by atoms with Crippen LogP contribution < -0.4 is 0 Å². The van der Waals surface area contributed by atoms with E-state index in [1.165, 1.54) is 11.4 Å². The Morgan fingerprint density at radius 2 is 2.05 bits per heavy atom. The molecular formula is C14H30BO4PSSi. The highest BCUT2D eigenvalue weighted by molar-refractivity contribution is 8.50. The number of rotatable bonds is 2. The molecule has 2 saturated heterocycles. The molecule has 2 rings (SSSR count). The minimum absolute atomic E-state index is 0.0742. The second kappa shape index (κ2) is 6.57. The van der Waals surface area contributed by atoms with Gasteiger partial charge in [-0.15, -0.1) is 0 Å². The molecule has 128 valence electrons. The zero-order valence-corrected chi connectivity index (χ0v) is 17.7. The third kappa shape index (κ3) is 3.70. The monoisotopic (exact) mass is 364 g/mol. The highest BCUT2D eigenvalue weighted by Crippen LogP contribution is 2.52. The first-order valence-electron chi connectivity index (χ1n) is 8.14. The summed E-state index contributed by atoms with van der Waals surface area (Å²) in [5.41, 5.74) is -0.256. The van der Waals surface area contributed by atoms with Crippen molar-refractivity contribution in [3.05, 3.63) is 0 Å². The normalized spacial score (nSPS) is 40.8. The van der Waals surface area contributed by atoms with E-state index in [4.69, 9.17) is 13.7 Å². The highest BCUT2D eigenvalue weighted by Gasteiger charge is 2.54. The Balaban J connectivity index is 2.16. The van der Waals surface area contributed by atoms with Gasteiger partial charge in [0.05, 0.1) is 18.3 Å². The second-order valence-electron chi connectivity index (χ2n) is 8.16. The molecule has 0 aromatic carbocycles. The van der Waals surface area contributed by atoms with Crippen molar-refractivity contribution in [3.8, 4) is 0 Å². The van der Waals surface area contributed by atoms with Crippen molar-refractivity contribution in [1.29, 1.82) is 0 Å². The molecule has 22 heavy (non-hydrogen) atoms. The first-order chi connectivity index (χ1) is 9.98. The van der Waals surface area contributed by atoms with Gasteiger partial charge in [-0.2, -0.15) is 0 Å². The number of ether oxygens (including phenoxy) is 1. The van der Waals surface area contributed by atoms with Crippen LogP contribution in [0.3, 0.4) is 0 Å². The predicted octanol–water partition coefficient (Wildman–Crippen LogP) is 3.28. The lowest BCUT2D eigenvalue weighted by Crippen LogP contribution is -2.48. The summed E-state index contributed by atoms with van der Waals surface area (Å²) in [6, 6.07) is 0.0742. The van der Waals surface area contributed by atoms with Gasteiger partial charge in [0, 0.05) is 24.1 Å². The third-order valence-corrected chi connectivity index (χ3v) is 12.9. The second-order valence-corrected chi connectivity index (χ2v) is 16.1. The Hall–Kier alpha value is 0.742. The lowest BCUT2D eigenvalue weighted by Gasteiger charge is -2.41. The van der Waals surface area contributed by atoms with Crippen LogP contribution in [0.4, 0.5) is 0 Å². The van der Waals surface area contributed by atoms with Crippen LogP contribution in [0.5, 0.6) is 0 Å². The largest absolute Gasteiger partial charge is 0.412 e. The van der Waals surface area contributed by atoms with E-state index in [-0.39, 0.29) is 22.7 Å². The summed E-state index contributed by atoms with van der Waals surface area (Å²) < 4.78 is 30.1. The molecule has 0 aromatic rings. The SMILES string of the molecule is B[C@@H]1O[C@@]2(CCO[PH](=O)SC2)[C@H](C)C1O[Si](C)(C)C(C)(C)C. The Labute approximate surface area is 141 Å². The van der Waals surface area contributed by atoms with E-state index in [1.807, 2.05) is 0 Å². The standard InChI is InChI=1S/C14H30BO4PSSi/c1-10-11(19-22(5,6)13(2,3)4)12(15)18-14(10)7-8-17-20(16)21-9-14/h10-12,20H,7-9,15H2,1-6H3/t10-,11?,12-,14-/m1/s1. The molecule has 2 aliphatic rings. The number of hydrogen-bond acceptors (Lipinski definition) is 5. The molecule has 0 aromatic heterocycles. The van der Waals surface area contributed by atoms with Crippen LogP contribution in [-0.2, 0) is 18.3 Å². The maximum atomic E-state index is 11.7. The van der Waals surface area contributed by atoms with Gasteiger partial charge in [0.2, 0.25) is 7.23 Å². The fraction of sp³-hybridized carbons (Fsp3) is 1.00. The Morgan fingerprint density at radius 3 is 2.64 bits per heavy atom. The molecule has 8 heteroatoms. The highest BCUT2D eigenvalue weighted by atomic mass is 32.7. The topological polar surface area (TPSA) is 44.8 Å². The van der Waals surface area contributed by atoms with Crippen LogP contribution in [0.15, 0.2) is 0 Å². The molecule has 2 aliphatic heterocycles. The lowest BCUT2D eigenvalue weighted by atomic mass is 9.82. The van der Waals surface area contributed by atoms with E-state index >= 15 is 0 Å². The molecule has 0 aliphatic carbocycles. The summed E-state index contributed by atoms with van der Waals surface area (Å²) in [7, 11) is -1.67. The van der Waals surface area contributed by atoms with E-state index in [1.54, 1.807) is 0 Å². The van der Waals surface area contributed by atoms with Gasteiger partial charge in [0.15, 0.2) is 8.32 Å². The molecule has 2 fully saturated rings. The summed E-state index contributed by atoms with van der Waals surface area (Å²) in [6.07, 6.45) is 0.918. The van der Waals surface area contributed by atoms with E-state index in [9.17, 15) is 4.57 Å².